The van der Waals surface area contributed by atoms with Gasteiger partial charge in [0.1, 0.15) is 0 Å². The molecule has 0 amide bonds. The molecule has 1 aliphatic heterocycles. The minimum Gasteiger partial charge on any atom is -0.311 e. The fourth-order valence-corrected chi connectivity index (χ4v) is 1.86. The molecule has 1 rings (SSSR count). The van der Waals surface area contributed by atoms with E-state index in [4.69, 9.17) is 0 Å². The van der Waals surface area contributed by atoms with Gasteiger partial charge in [-0.05, 0) is 20.3 Å². The molecule has 1 atom stereocenters. The highest BCUT2D eigenvalue weighted by Crippen LogP contribution is 2.07. The molecule has 0 radical (unpaired) electrons. The van der Waals surface area contributed by atoms with Gasteiger partial charge < -0.3 is 5.32 Å². The van der Waals surface area contributed by atoms with Crippen LogP contribution in [0.5, 0.6) is 0 Å². The van der Waals surface area contributed by atoms with Crippen LogP contribution >= 0.6 is 0 Å². The maximum Gasteiger partial charge on any atom is 0.0195 e. The second-order valence-electron chi connectivity index (χ2n) is 4.03. The Balaban J connectivity index is 2.30. The van der Waals surface area contributed by atoms with E-state index in [9.17, 15) is 0 Å². The highest BCUT2D eigenvalue weighted by atomic mass is 15.2. The maximum atomic E-state index is 3.56. The van der Waals surface area contributed by atoms with Crippen molar-refractivity contribution in [2.45, 2.75) is 45.7 Å². The van der Waals surface area contributed by atoms with Crippen LogP contribution in [0.4, 0.5) is 0 Å². The first kappa shape index (κ1) is 10.0. The van der Waals surface area contributed by atoms with Crippen LogP contribution in [0.3, 0.4) is 0 Å². The van der Waals surface area contributed by atoms with Crippen molar-refractivity contribution in [2.24, 2.45) is 0 Å². The van der Waals surface area contributed by atoms with Crippen LogP contribution in [-0.4, -0.2) is 36.6 Å². The highest BCUT2D eigenvalue weighted by Gasteiger charge is 2.19. The summed E-state index contributed by atoms with van der Waals surface area (Å²) in [6.45, 7) is 10.5. The van der Waals surface area contributed by atoms with Crippen molar-refractivity contribution in [1.82, 2.24) is 10.2 Å². The summed E-state index contributed by atoms with van der Waals surface area (Å²) in [5, 5.41) is 3.56. The summed E-state index contributed by atoms with van der Waals surface area (Å²) >= 11 is 0. The van der Waals surface area contributed by atoms with Gasteiger partial charge in [-0.25, -0.2) is 0 Å². The van der Waals surface area contributed by atoms with Crippen molar-refractivity contribution >= 4 is 0 Å². The van der Waals surface area contributed by atoms with Crippen molar-refractivity contribution in [2.75, 3.05) is 19.6 Å². The van der Waals surface area contributed by atoms with E-state index in [-0.39, 0.29) is 0 Å². The fraction of sp³-hybridized carbons (Fsp3) is 1.00. The molecule has 1 fully saturated rings. The summed E-state index contributed by atoms with van der Waals surface area (Å²) in [5.41, 5.74) is 0. The Bertz CT molecular complexity index is 121. The molecular weight excluding hydrogens is 148 g/mol. The molecule has 0 unspecified atom stereocenters. The molecule has 1 saturated heterocycles. The zero-order valence-corrected chi connectivity index (χ0v) is 8.64. The number of piperazine rings is 1. The molecule has 2 heteroatoms. The van der Waals surface area contributed by atoms with Crippen LogP contribution in [0.25, 0.3) is 0 Å². The summed E-state index contributed by atoms with van der Waals surface area (Å²) in [5.74, 6) is 0. The quantitative estimate of drug-likeness (QED) is 0.690. The summed E-state index contributed by atoms with van der Waals surface area (Å²) in [6.07, 6.45) is 2.62. The van der Waals surface area contributed by atoms with E-state index < -0.39 is 0 Å². The average molecular weight is 170 g/mol. The minimum atomic E-state index is 0.714. The average Bonchev–Trinajstić information content (AvgIpc) is 2.05. The van der Waals surface area contributed by atoms with Gasteiger partial charge in [-0.2, -0.15) is 0 Å². The van der Waals surface area contributed by atoms with Crippen molar-refractivity contribution < 1.29 is 0 Å². The predicted octanol–water partition coefficient (Wildman–Crippen LogP) is 1.47. The molecular formula is C10H22N2. The second-order valence-corrected chi connectivity index (χ2v) is 4.03. The number of hydrogen-bond acceptors (Lipinski definition) is 2. The molecule has 1 aliphatic rings. The van der Waals surface area contributed by atoms with Crippen molar-refractivity contribution in [3.8, 4) is 0 Å². The van der Waals surface area contributed by atoms with E-state index in [2.05, 4.69) is 31.0 Å². The normalized spacial score (nSPS) is 26.5. The van der Waals surface area contributed by atoms with Crippen molar-refractivity contribution in [3.63, 3.8) is 0 Å². The molecule has 1 heterocycles. The second kappa shape index (κ2) is 4.83. The van der Waals surface area contributed by atoms with Crippen LogP contribution in [0.2, 0.25) is 0 Å². The first-order valence-corrected chi connectivity index (χ1v) is 5.21. The Labute approximate surface area is 76.3 Å². The molecule has 0 saturated carbocycles. The molecule has 0 aromatic rings. The molecule has 0 spiro atoms. The van der Waals surface area contributed by atoms with Crippen LogP contribution in [0.1, 0.15) is 33.6 Å². The summed E-state index contributed by atoms with van der Waals surface area (Å²) in [4.78, 5) is 2.57. The van der Waals surface area contributed by atoms with E-state index in [0.717, 1.165) is 6.04 Å². The maximum absolute atomic E-state index is 3.56. The third-order valence-electron chi connectivity index (χ3n) is 2.65. The van der Waals surface area contributed by atoms with E-state index in [1.807, 2.05) is 0 Å². The SMILES string of the molecule is CCC[C@@H]1CN(C(C)C)CCN1. The van der Waals surface area contributed by atoms with Gasteiger partial charge in [0, 0.05) is 31.7 Å². The summed E-state index contributed by atoms with van der Waals surface area (Å²) in [6, 6.07) is 1.46. The zero-order valence-electron chi connectivity index (χ0n) is 8.64. The van der Waals surface area contributed by atoms with Gasteiger partial charge in [-0.1, -0.05) is 13.3 Å². The number of nitrogens with one attached hydrogen (secondary N) is 1. The van der Waals surface area contributed by atoms with Gasteiger partial charge in [0.2, 0.25) is 0 Å². The molecule has 0 aliphatic carbocycles. The monoisotopic (exact) mass is 170 g/mol. The van der Waals surface area contributed by atoms with E-state index in [1.54, 1.807) is 0 Å². The van der Waals surface area contributed by atoms with E-state index in [1.165, 1.54) is 32.5 Å². The van der Waals surface area contributed by atoms with Crippen LogP contribution < -0.4 is 5.32 Å². The lowest BCUT2D eigenvalue weighted by Gasteiger charge is -2.36. The Morgan fingerprint density at radius 2 is 2.25 bits per heavy atom. The van der Waals surface area contributed by atoms with Crippen molar-refractivity contribution in [3.05, 3.63) is 0 Å². The standard InChI is InChI=1S/C10H22N2/c1-4-5-10-8-12(9(2)3)7-6-11-10/h9-11H,4-8H2,1-3H3/t10-/m1/s1. The summed E-state index contributed by atoms with van der Waals surface area (Å²) in [7, 11) is 0. The van der Waals surface area contributed by atoms with E-state index >= 15 is 0 Å². The largest absolute Gasteiger partial charge is 0.311 e. The Hall–Kier alpha value is -0.0800. The van der Waals surface area contributed by atoms with Gasteiger partial charge in [0.25, 0.3) is 0 Å². The number of nitrogens with zero attached hydrogens (tertiary/aromatic N) is 1. The van der Waals surface area contributed by atoms with Gasteiger partial charge in [0.05, 0.1) is 0 Å². The Morgan fingerprint density at radius 3 is 2.83 bits per heavy atom. The molecule has 1 N–H and O–H groups in total. The van der Waals surface area contributed by atoms with E-state index in [0.29, 0.717) is 6.04 Å². The Kier molecular flexibility index (Phi) is 4.02. The highest BCUT2D eigenvalue weighted by molar-refractivity contribution is 4.79. The zero-order chi connectivity index (χ0) is 8.97. The van der Waals surface area contributed by atoms with Crippen LogP contribution in [-0.2, 0) is 0 Å². The predicted molar refractivity (Wildman–Crippen MR) is 53.4 cm³/mol. The third kappa shape index (κ3) is 2.76. The molecule has 2 nitrogen and oxygen atoms in total. The van der Waals surface area contributed by atoms with Gasteiger partial charge >= 0.3 is 0 Å². The molecule has 72 valence electrons. The summed E-state index contributed by atoms with van der Waals surface area (Å²) < 4.78 is 0. The lowest BCUT2D eigenvalue weighted by atomic mass is 10.1. The first-order valence-electron chi connectivity index (χ1n) is 5.21. The smallest absolute Gasteiger partial charge is 0.0195 e. The third-order valence-corrected chi connectivity index (χ3v) is 2.65. The minimum absolute atomic E-state index is 0.714. The lowest BCUT2D eigenvalue weighted by Crippen LogP contribution is -2.52. The lowest BCUT2D eigenvalue weighted by molar-refractivity contribution is 0.157. The van der Waals surface area contributed by atoms with Gasteiger partial charge in [-0.3, -0.25) is 4.90 Å². The topological polar surface area (TPSA) is 15.3 Å². The molecule has 0 aromatic carbocycles. The number of rotatable bonds is 3. The molecule has 12 heavy (non-hydrogen) atoms. The first-order chi connectivity index (χ1) is 5.74. The Morgan fingerprint density at radius 1 is 1.50 bits per heavy atom. The van der Waals surface area contributed by atoms with Crippen LogP contribution in [0, 0.1) is 0 Å². The molecule has 0 aromatic heterocycles. The van der Waals surface area contributed by atoms with Gasteiger partial charge in [-0.15, -0.1) is 0 Å². The van der Waals surface area contributed by atoms with Gasteiger partial charge in [0.15, 0.2) is 0 Å². The molecule has 0 bridgehead atoms. The fourth-order valence-electron chi connectivity index (χ4n) is 1.86. The number of hydrogen-bond donors (Lipinski definition) is 1. The van der Waals surface area contributed by atoms with Crippen LogP contribution in [0.15, 0.2) is 0 Å². The van der Waals surface area contributed by atoms with Crippen molar-refractivity contribution in [1.29, 1.82) is 0 Å².